The highest BCUT2D eigenvalue weighted by molar-refractivity contribution is 5.91. The van der Waals surface area contributed by atoms with Crippen LogP contribution in [-0.4, -0.2) is 25.7 Å². The van der Waals surface area contributed by atoms with Gasteiger partial charge in [0.2, 0.25) is 5.91 Å². The van der Waals surface area contributed by atoms with Crippen molar-refractivity contribution in [1.29, 1.82) is 0 Å². The van der Waals surface area contributed by atoms with Crippen molar-refractivity contribution >= 4 is 12.0 Å². The van der Waals surface area contributed by atoms with Crippen LogP contribution in [0.15, 0.2) is 30.3 Å². The first-order valence-electron chi connectivity index (χ1n) is 6.32. The molecule has 3 heteroatoms. The van der Waals surface area contributed by atoms with Crippen LogP contribution in [0.25, 0.3) is 6.08 Å². The standard InChI is InChI=1S/C15H21NO2/c1-3-18-12-4-11-16-15(17)10-9-14-7-5-13(2)6-8-14/h5-10H,3-4,11-12H2,1-2H3,(H,16,17). The number of carbonyl (C=O) groups excluding carboxylic acids is 1. The lowest BCUT2D eigenvalue weighted by atomic mass is 10.1. The van der Waals surface area contributed by atoms with Crippen molar-refractivity contribution in [3.63, 3.8) is 0 Å². The molecule has 0 fully saturated rings. The van der Waals surface area contributed by atoms with Crippen LogP contribution >= 0.6 is 0 Å². The predicted octanol–water partition coefficient (Wildman–Crippen LogP) is 2.55. The van der Waals surface area contributed by atoms with Crippen molar-refractivity contribution in [3.05, 3.63) is 41.5 Å². The fourth-order valence-electron chi connectivity index (χ4n) is 1.44. The third-order valence-electron chi connectivity index (χ3n) is 2.47. The first-order valence-corrected chi connectivity index (χ1v) is 6.32. The molecular weight excluding hydrogens is 226 g/mol. The van der Waals surface area contributed by atoms with Crippen molar-refractivity contribution in [3.8, 4) is 0 Å². The SMILES string of the molecule is CCOCCCNC(=O)C=Cc1ccc(C)cc1. The molecule has 1 rings (SSSR count). The molecule has 18 heavy (non-hydrogen) atoms. The number of nitrogens with one attached hydrogen (secondary N) is 1. The smallest absolute Gasteiger partial charge is 0.244 e. The van der Waals surface area contributed by atoms with E-state index in [1.54, 1.807) is 6.08 Å². The topological polar surface area (TPSA) is 38.3 Å². The molecule has 0 saturated carbocycles. The summed E-state index contributed by atoms with van der Waals surface area (Å²) in [4.78, 5) is 11.5. The Kier molecular flexibility index (Phi) is 6.81. The largest absolute Gasteiger partial charge is 0.382 e. The zero-order valence-electron chi connectivity index (χ0n) is 11.1. The Morgan fingerprint density at radius 3 is 2.72 bits per heavy atom. The highest BCUT2D eigenvalue weighted by Gasteiger charge is 1.94. The summed E-state index contributed by atoms with van der Waals surface area (Å²) in [5, 5.41) is 2.82. The molecule has 0 aromatic heterocycles. The number of rotatable bonds is 7. The molecule has 98 valence electrons. The maximum absolute atomic E-state index is 11.5. The number of hydrogen-bond donors (Lipinski definition) is 1. The van der Waals surface area contributed by atoms with E-state index in [0.29, 0.717) is 13.2 Å². The zero-order chi connectivity index (χ0) is 13.2. The quantitative estimate of drug-likeness (QED) is 0.594. The summed E-state index contributed by atoms with van der Waals surface area (Å²) in [6.45, 7) is 6.07. The average molecular weight is 247 g/mol. The molecule has 0 atom stereocenters. The molecule has 1 N–H and O–H groups in total. The molecule has 0 aliphatic heterocycles. The summed E-state index contributed by atoms with van der Waals surface area (Å²) >= 11 is 0. The van der Waals surface area contributed by atoms with E-state index in [0.717, 1.165) is 18.6 Å². The molecule has 0 radical (unpaired) electrons. The number of aryl methyl sites for hydroxylation is 1. The number of hydrogen-bond acceptors (Lipinski definition) is 2. The number of ether oxygens (including phenoxy) is 1. The van der Waals surface area contributed by atoms with Crippen molar-refractivity contribution in [2.45, 2.75) is 20.3 Å². The van der Waals surface area contributed by atoms with Crippen LogP contribution in [-0.2, 0) is 9.53 Å². The van der Waals surface area contributed by atoms with E-state index < -0.39 is 0 Å². The molecule has 0 saturated heterocycles. The second-order valence-corrected chi connectivity index (χ2v) is 4.09. The molecule has 0 aliphatic carbocycles. The lowest BCUT2D eigenvalue weighted by molar-refractivity contribution is -0.116. The predicted molar refractivity (Wildman–Crippen MR) is 74.3 cm³/mol. The minimum atomic E-state index is -0.0629. The third kappa shape index (κ3) is 6.21. The van der Waals surface area contributed by atoms with Crippen LogP contribution in [0, 0.1) is 6.92 Å². The fraction of sp³-hybridized carbons (Fsp3) is 0.400. The molecule has 1 aromatic carbocycles. The number of carbonyl (C=O) groups is 1. The van der Waals surface area contributed by atoms with Gasteiger partial charge in [-0.2, -0.15) is 0 Å². The van der Waals surface area contributed by atoms with Crippen LogP contribution in [0.2, 0.25) is 0 Å². The average Bonchev–Trinajstić information content (AvgIpc) is 2.38. The van der Waals surface area contributed by atoms with Gasteiger partial charge in [-0.1, -0.05) is 29.8 Å². The molecule has 0 unspecified atom stereocenters. The summed E-state index contributed by atoms with van der Waals surface area (Å²) in [5.74, 6) is -0.0629. The van der Waals surface area contributed by atoms with Crippen LogP contribution in [0.3, 0.4) is 0 Å². The first-order chi connectivity index (χ1) is 8.72. The molecule has 3 nitrogen and oxygen atoms in total. The Morgan fingerprint density at radius 2 is 2.06 bits per heavy atom. The van der Waals surface area contributed by atoms with Gasteiger partial charge in [0.15, 0.2) is 0 Å². The maximum Gasteiger partial charge on any atom is 0.244 e. The molecule has 1 aromatic rings. The normalized spacial score (nSPS) is 10.8. The van der Waals surface area contributed by atoms with Gasteiger partial charge in [0, 0.05) is 25.8 Å². The lowest BCUT2D eigenvalue weighted by Crippen LogP contribution is -2.23. The van der Waals surface area contributed by atoms with Crippen molar-refractivity contribution in [2.24, 2.45) is 0 Å². The monoisotopic (exact) mass is 247 g/mol. The van der Waals surface area contributed by atoms with Crippen molar-refractivity contribution in [1.82, 2.24) is 5.32 Å². The van der Waals surface area contributed by atoms with Gasteiger partial charge in [0.05, 0.1) is 0 Å². The van der Waals surface area contributed by atoms with E-state index in [1.165, 1.54) is 5.56 Å². The van der Waals surface area contributed by atoms with Gasteiger partial charge in [0.1, 0.15) is 0 Å². The van der Waals surface area contributed by atoms with E-state index in [4.69, 9.17) is 4.74 Å². The van der Waals surface area contributed by atoms with Crippen molar-refractivity contribution in [2.75, 3.05) is 19.8 Å². The maximum atomic E-state index is 11.5. The van der Waals surface area contributed by atoms with Crippen molar-refractivity contribution < 1.29 is 9.53 Å². The van der Waals surface area contributed by atoms with Gasteiger partial charge in [-0.05, 0) is 31.9 Å². The number of amides is 1. The van der Waals surface area contributed by atoms with Gasteiger partial charge in [-0.3, -0.25) is 4.79 Å². The van der Waals surface area contributed by atoms with Crippen LogP contribution in [0.5, 0.6) is 0 Å². The minimum absolute atomic E-state index is 0.0629. The third-order valence-corrected chi connectivity index (χ3v) is 2.47. The fourth-order valence-corrected chi connectivity index (χ4v) is 1.44. The molecule has 0 bridgehead atoms. The summed E-state index contributed by atoms with van der Waals surface area (Å²) < 4.78 is 5.19. The Labute approximate surface area is 109 Å². The van der Waals surface area contributed by atoms with Gasteiger partial charge in [0.25, 0.3) is 0 Å². The molecular formula is C15H21NO2. The minimum Gasteiger partial charge on any atom is -0.382 e. The van der Waals surface area contributed by atoms with Crippen LogP contribution < -0.4 is 5.32 Å². The Balaban J connectivity index is 2.25. The molecule has 0 heterocycles. The van der Waals surface area contributed by atoms with Gasteiger partial charge in [-0.25, -0.2) is 0 Å². The first kappa shape index (κ1) is 14.5. The van der Waals surface area contributed by atoms with E-state index in [2.05, 4.69) is 5.32 Å². The summed E-state index contributed by atoms with van der Waals surface area (Å²) in [6, 6.07) is 8.04. The zero-order valence-corrected chi connectivity index (χ0v) is 11.1. The highest BCUT2D eigenvalue weighted by Crippen LogP contribution is 2.04. The Morgan fingerprint density at radius 1 is 1.33 bits per heavy atom. The Hall–Kier alpha value is -1.61. The molecule has 1 amide bonds. The molecule has 0 spiro atoms. The second-order valence-electron chi connectivity index (χ2n) is 4.09. The second kappa shape index (κ2) is 8.48. The van der Waals surface area contributed by atoms with E-state index in [1.807, 2.05) is 44.2 Å². The van der Waals surface area contributed by atoms with Crippen LogP contribution in [0.4, 0.5) is 0 Å². The van der Waals surface area contributed by atoms with Gasteiger partial charge < -0.3 is 10.1 Å². The van der Waals surface area contributed by atoms with E-state index in [9.17, 15) is 4.79 Å². The Bertz CT molecular complexity index is 382. The van der Waals surface area contributed by atoms with Gasteiger partial charge >= 0.3 is 0 Å². The lowest BCUT2D eigenvalue weighted by Gasteiger charge is -2.02. The molecule has 0 aliphatic rings. The van der Waals surface area contributed by atoms with Crippen LogP contribution in [0.1, 0.15) is 24.5 Å². The highest BCUT2D eigenvalue weighted by atomic mass is 16.5. The van der Waals surface area contributed by atoms with E-state index >= 15 is 0 Å². The summed E-state index contributed by atoms with van der Waals surface area (Å²) in [7, 11) is 0. The number of benzene rings is 1. The van der Waals surface area contributed by atoms with Gasteiger partial charge in [-0.15, -0.1) is 0 Å². The van der Waals surface area contributed by atoms with E-state index in [-0.39, 0.29) is 5.91 Å². The summed E-state index contributed by atoms with van der Waals surface area (Å²) in [6.07, 6.45) is 4.22. The summed E-state index contributed by atoms with van der Waals surface area (Å²) in [5.41, 5.74) is 2.25.